The van der Waals surface area contributed by atoms with Crippen LogP contribution in [-0.4, -0.2) is 10.2 Å². The molecule has 0 radical (unpaired) electrons. The number of para-hydroxylation sites is 1. The Morgan fingerprint density at radius 3 is 2.74 bits per heavy atom. The Morgan fingerprint density at radius 1 is 1.37 bits per heavy atom. The van der Waals surface area contributed by atoms with Gasteiger partial charge in [0.1, 0.15) is 0 Å². The van der Waals surface area contributed by atoms with Crippen LogP contribution >= 0.6 is 11.8 Å². The van der Waals surface area contributed by atoms with E-state index in [1.807, 2.05) is 0 Å². The molecule has 0 saturated carbocycles. The summed E-state index contributed by atoms with van der Waals surface area (Å²) >= 11 is 1.45. The van der Waals surface area contributed by atoms with Crippen LogP contribution in [0, 0.1) is 13.8 Å². The van der Waals surface area contributed by atoms with E-state index in [1.54, 1.807) is 0 Å². The summed E-state index contributed by atoms with van der Waals surface area (Å²) in [4.78, 5) is 5.92. The zero-order chi connectivity index (χ0) is 14.0. The minimum absolute atomic E-state index is 0.380. The smallest absolute Gasteiger partial charge is 0.281 e. The monoisotopic (exact) mass is 274 g/mol. The Hall–Kier alpha value is -1.55. The van der Waals surface area contributed by atoms with Crippen molar-refractivity contribution in [2.24, 2.45) is 5.73 Å². The molecule has 3 nitrogen and oxygen atoms in total. The van der Waals surface area contributed by atoms with Gasteiger partial charge >= 0.3 is 5.17 Å². The molecule has 0 aliphatic carbocycles. The summed E-state index contributed by atoms with van der Waals surface area (Å²) in [6.45, 7) is 6.32. The van der Waals surface area contributed by atoms with Gasteiger partial charge in [-0.2, -0.15) is 0 Å². The quantitative estimate of drug-likeness (QED) is 0.511. The van der Waals surface area contributed by atoms with Crippen molar-refractivity contribution < 1.29 is 5.41 Å². The fourth-order valence-corrected chi connectivity index (χ4v) is 3.21. The van der Waals surface area contributed by atoms with Gasteiger partial charge in [0.25, 0.3) is 0 Å². The highest BCUT2D eigenvalue weighted by molar-refractivity contribution is 8.13. The molecule has 2 aromatic rings. The third-order valence-electron chi connectivity index (χ3n) is 3.19. The van der Waals surface area contributed by atoms with Gasteiger partial charge in [-0.15, -0.1) is 0 Å². The van der Waals surface area contributed by atoms with Crippen molar-refractivity contribution in [3.8, 4) is 0 Å². The Morgan fingerprint density at radius 2 is 2.11 bits per heavy atom. The van der Waals surface area contributed by atoms with Crippen molar-refractivity contribution in [3.05, 3.63) is 35.0 Å². The lowest BCUT2D eigenvalue weighted by Crippen LogP contribution is -2.43. The third kappa shape index (κ3) is 2.73. The summed E-state index contributed by atoms with van der Waals surface area (Å²) in [5, 5.41) is 7.23. The predicted molar refractivity (Wildman–Crippen MR) is 82.2 cm³/mol. The summed E-state index contributed by atoms with van der Waals surface area (Å²) in [6.07, 6.45) is 2.08. The minimum Gasteiger partial charge on any atom is -0.281 e. The van der Waals surface area contributed by atoms with Gasteiger partial charge in [0.2, 0.25) is 0 Å². The second kappa shape index (κ2) is 5.61. The summed E-state index contributed by atoms with van der Waals surface area (Å²) in [7, 11) is 0. The van der Waals surface area contributed by atoms with Crippen molar-refractivity contribution >= 4 is 27.8 Å². The second-order valence-electron chi connectivity index (χ2n) is 4.73. The molecule has 1 aromatic carbocycles. The number of hydrogen-bond donors (Lipinski definition) is 2. The van der Waals surface area contributed by atoms with Crippen LogP contribution in [0.25, 0.3) is 10.9 Å². The average molecular weight is 274 g/mol. The maximum Gasteiger partial charge on any atom is 0.304 e. The number of fused-ring (bicyclic) bond motifs is 1. The predicted octanol–water partition coefficient (Wildman–Crippen LogP) is 1.97. The van der Waals surface area contributed by atoms with Gasteiger partial charge < -0.3 is 0 Å². The molecule has 0 atom stereocenters. The molecule has 0 saturated heterocycles. The number of rotatable bonds is 3. The van der Waals surface area contributed by atoms with Crippen molar-refractivity contribution in [2.45, 2.75) is 38.5 Å². The number of amidine groups is 1. The first kappa shape index (κ1) is 13.9. The Bertz CT molecular complexity index is 635. The van der Waals surface area contributed by atoms with Crippen LogP contribution in [-0.2, 0) is 6.42 Å². The highest BCUT2D eigenvalue weighted by Crippen LogP contribution is 2.33. The Labute approximate surface area is 118 Å². The Balaban J connectivity index is 2.78. The summed E-state index contributed by atoms with van der Waals surface area (Å²) < 4.78 is 0. The van der Waals surface area contributed by atoms with Gasteiger partial charge in [-0.05, 0) is 43.2 Å². The number of nitrogens with zero attached hydrogens (tertiary/aromatic N) is 1. The molecule has 100 valence electrons. The maximum atomic E-state index is 5.71. The molecule has 0 bridgehead atoms. The van der Waals surface area contributed by atoms with Gasteiger partial charge in [-0.25, -0.2) is 0 Å². The number of aromatic nitrogens is 1. The first-order chi connectivity index (χ1) is 9.04. The molecule has 4 N–H and O–H groups in total. The fraction of sp³-hybridized carbons (Fsp3) is 0.333. The van der Waals surface area contributed by atoms with Crippen molar-refractivity contribution in [2.75, 3.05) is 0 Å². The number of hydrogen-bond acceptors (Lipinski definition) is 2. The molecule has 0 spiro atoms. The zero-order valence-electron chi connectivity index (χ0n) is 11.7. The molecule has 4 heteroatoms. The lowest BCUT2D eigenvalue weighted by atomic mass is 10.0. The summed E-state index contributed by atoms with van der Waals surface area (Å²) in [6, 6.07) is 6.23. The molecule has 0 aliphatic rings. The lowest BCUT2D eigenvalue weighted by Gasteiger charge is -2.14. The van der Waals surface area contributed by atoms with Crippen LogP contribution in [0.5, 0.6) is 0 Å². The van der Waals surface area contributed by atoms with E-state index >= 15 is 0 Å². The van der Waals surface area contributed by atoms with Gasteiger partial charge in [-0.3, -0.25) is 16.1 Å². The summed E-state index contributed by atoms with van der Waals surface area (Å²) in [5.74, 6) is 0. The van der Waals surface area contributed by atoms with Gasteiger partial charge in [0, 0.05) is 16.0 Å². The molecule has 0 aliphatic heterocycles. The van der Waals surface area contributed by atoms with Crippen LogP contribution in [0.3, 0.4) is 0 Å². The second-order valence-corrected chi connectivity index (χ2v) is 5.81. The number of benzene rings is 1. The molecule has 1 aromatic heterocycles. The van der Waals surface area contributed by atoms with Crippen molar-refractivity contribution in [3.63, 3.8) is 0 Å². The Kier molecular flexibility index (Phi) is 4.10. The van der Waals surface area contributed by atoms with Crippen LogP contribution < -0.4 is 11.1 Å². The van der Waals surface area contributed by atoms with Crippen LogP contribution in [0.2, 0.25) is 0 Å². The zero-order valence-corrected chi connectivity index (χ0v) is 12.5. The van der Waals surface area contributed by atoms with Crippen molar-refractivity contribution in [1.82, 2.24) is 4.98 Å². The van der Waals surface area contributed by atoms with E-state index in [2.05, 4.69) is 39.0 Å². The standard InChI is InChI=1S/C15H19N3S/c1-4-6-11-10(3)18-13-9(2)7-5-8-12(13)14(11)19-15(16)17/h5,7-8H,4,6H2,1-3H3,(H3,16,17)/p+1. The molecular formula is C15H20N3S+. The minimum atomic E-state index is 0.380. The maximum absolute atomic E-state index is 5.71. The third-order valence-corrected chi connectivity index (χ3v) is 4.10. The van der Waals surface area contributed by atoms with Crippen LogP contribution in [0.1, 0.15) is 30.2 Å². The van der Waals surface area contributed by atoms with E-state index in [-0.39, 0.29) is 0 Å². The first-order valence-corrected chi connectivity index (χ1v) is 7.30. The first-order valence-electron chi connectivity index (χ1n) is 6.49. The lowest BCUT2D eigenvalue weighted by molar-refractivity contribution is -0.110. The SMILES string of the molecule is CCCc1c(C)nc2c(C)cccc2c1SC(N)=[NH2+]. The fourth-order valence-electron chi connectivity index (χ4n) is 2.33. The van der Waals surface area contributed by atoms with Crippen molar-refractivity contribution in [1.29, 1.82) is 0 Å². The molecule has 0 fully saturated rings. The molecule has 0 amide bonds. The van der Waals surface area contributed by atoms with Crippen LogP contribution in [0.15, 0.2) is 23.1 Å². The molecule has 0 unspecified atom stereocenters. The number of nitrogens with two attached hydrogens (primary N) is 2. The number of thioether (sulfide) groups is 1. The molecule has 1 heterocycles. The average Bonchev–Trinajstić information content (AvgIpc) is 2.34. The van der Waals surface area contributed by atoms with E-state index in [9.17, 15) is 0 Å². The molecule has 2 rings (SSSR count). The van der Waals surface area contributed by atoms with Gasteiger partial charge in [0.05, 0.1) is 5.52 Å². The van der Waals surface area contributed by atoms with E-state index < -0.39 is 0 Å². The van der Waals surface area contributed by atoms with E-state index in [0.717, 1.165) is 34.3 Å². The summed E-state index contributed by atoms with van der Waals surface area (Å²) in [5.41, 5.74) is 10.3. The largest absolute Gasteiger partial charge is 0.304 e. The topological polar surface area (TPSA) is 64.5 Å². The van der Waals surface area contributed by atoms with E-state index in [1.165, 1.54) is 22.9 Å². The van der Waals surface area contributed by atoms with E-state index in [4.69, 9.17) is 16.1 Å². The highest BCUT2D eigenvalue weighted by atomic mass is 32.2. The highest BCUT2D eigenvalue weighted by Gasteiger charge is 2.16. The molecular weight excluding hydrogens is 254 g/mol. The van der Waals surface area contributed by atoms with Crippen LogP contribution in [0.4, 0.5) is 0 Å². The molecule has 19 heavy (non-hydrogen) atoms. The normalized spacial score (nSPS) is 10.9. The van der Waals surface area contributed by atoms with E-state index in [0.29, 0.717) is 5.17 Å². The number of pyridine rings is 1. The number of aryl methyl sites for hydroxylation is 2. The van der Waals surface area contributed by atoms with Gasteiger partial charge in [-0.1, -0.05) is 31.5 Å². The van der Waals surface area contributed by atoms with Gasteiger partial charge in [0.15, 0.2) is 0 Å².